The number of nitrogens with zero attached hydrogens (tertiary/aromatic N) is 3. The van der Waals surface area contributed by atoms with Crippen LogP contribution >= 0.6 is 23.1 Å². The van der Waals surface area contributed by atoms with Crippen LogP contribution in [0.25, 0.3) is 10.2 Å². The first-order valence-corrected chi connectivity index (χ1v) is 8.18. The molecule has 0 bridgehead atoms. The Balaban J connectivity index is 1.97. The highest BCUT2D eigenvalue weighted by molar-refractivity contribution is 8.01. The van der Waals surface area contributed by atoms with Gasteiger partial charge in [0, 0.05) is 6.54 Å². The minimum Gasteiger partial charge on any atom is -0.395 e. The van der Waals surface area contributed by atoms with Crippen LogP contribution in [0.3, 0.4) is 0 Å². The van der Waals surface area contributed by atoms with Gasteiger partial charge < -0.3 is 5.73 Å². The van der Waals surface area contributed by atoms with Crippen molar-refractivity contribution in [1.29, 1.82) is 0 Å². The number of thiazole rings is 1. The highest BCUT2D eigenvalue weighted by Gasteiger charge is 2.15. The third-order valence-corrected chi connectivity index (χ3v) is 5.24. The number of anilines is 1. The van der Waals surface area contributed by atoms with E-state index in [0.29, 0.717) is 0 Å². The van der Waals surface area contributed by atoms with Crippen LogP contribution in [0.5, 0.6) is 0 Å². The van der Waals surface area contributed by atoms with Crippen LogP contribution < -0.4 is 5.73 Å². The van der Waals surface area contributed by atoms with Gasteiger partial charge in [-0.3, -0.25) is 4.68 Å². The summed E-state index contributed by atoms with van der Waals surface area (Å²) in [5, 5.41) is 5.50. The number of hydrogen-bond acceptors (Lipinski definition) is 5. The Hall–Kier alpha value is -1.53. The van der Waals surface area contributed by atoms with Gasteiger partial charge in [0.05, 0.1) is 21.6 Å². The summed E-state index contributed by atoms with van der Waals surface area (Å²) in [6.07, 6.45) is 1.04. The van der Waals surface area contributed by atoms with Crippen molar-refractivity contribution in [3.05, 3.63) is 30.0 Å². The molecule has 0 saturated heterocycles. The van der Waals surface area contributed by atoms with Crippen LogP contribution in [0.4, 0.5) is 5.69 Å². The van der Waals surface area contributed by atoms with Gasteiger partial charge in [0.1, 0.15) is 5.03 Å². The number of aryl methyl sites for hydroxylation is 2. The van der Waals surface area contributed by atoms with Crippen LogP contribution in [0.15, 0.2) is 33.6 Å². The highest BCUT2D eigenvalue weighted by atomic mass is 32.2. The number of nitrogens with two attached hydrogens (primary N) is 1. The fourth-order valence-corrected chi connectivity index (χ4v) is 4.20. The fraction of sp³-hybridized carbons (Fsp3) is 0.286. The number of aromatic nitrogens is 3. The fourth-order valence-electron chi connectivity index (χ4n) is 2.02. The molecule has 0 unspecified atom stereocenters. The maximum atomic E-state index is 6.15. The first-order chi connectivity index (χ1) is 9.69. The molecule has 0 aliphatic carbocycles. The van der Waals surface area contributed by atoms with Gasteiger partial charge in [-0.15, -0.1) is 11.3 Å². The second kappa shape index (κ2) is 5.46. The van der Waals surface area contributed by atoms with Crippen molar-refractivity contribution in [2.75, 3.05) is 5.73 Å². The molecular formula is C14H16N4S2. The quantitative estimate of drug-likeness (QED) is 0.793. The smallest absolute Gasteiger partial charge is 0.157 e. The lowest BCUT2D eigenvalue weighted by Gasteiger charge is -2.04. The summed E-state index contributed by atoms with van der Waals surface area (Å²) >= 11 is 3.30. The average molecular weight is 304 g/mol. The molecule has 3 rings (SSSR count). The number of benzene rings is 1. The molecule has 3 aromatic rings. The first kappa shape index (κ1) is 13.5. The van der Waals surface area contributed by atoms with Gasteiger partial charge in [-0.25, -0.2) is 4.98 Å². The molecule has 20 heavy (non-hydrogen) atoms. The summed E-state index contributed by atoms with van der Waals surface area (Å²) < 4.78 is 4.20. The van der Waals surface area contributed by atoms with Crippen LogP contribution in [-0.4, -0.2) is 14.8 Å². The van der Waals surface area contributed by atoms with E-state index in [-0.39, 0.29) is 0 Å². The van der Waals surface area contributed by atoms with Crippen molar-refractivity contribution in [1.82, 2.24) is 14.8 Å². The van der Waals surface area contributed by atoms with E-state index in [1.54, 1.807) is 23.1 Å². The van der Waals surface area contributed by atoms with Gasteiger partial charge in [0.25, 0.3) is 0 Å². The summed E-state index contributed by atoms with van der Waals surface area (Å²) in [4.78, 5) is 4.64. The zero-order valence-corrected chi connectivity index (χ0v) is 13.1. The zero-order chi connectivity index (χ0) is 14.1. The Morgan fingerprint density at radius 3 is 2.90 bits per heavy atom. The van der Waals surface area contributed by atoms with Gasteiger partial charge in [0.15, 0.2) is 4.34 Å². The second-order valence-electron chi connectivity index (χ2n) is 4.58. The maximum absolute atomic E-state index is 6.15. The van der Waals surface area contributed by atoms with E-state index in [0.717, 1.165) is 39.2 Å². The molecule has 0 fully saturated rings. The standard InChI is InChI=1S/C14H16N4S2/c1-3-8-18-13(12(15)9(2)17-18)20-14-16-10-6-4-5-7-11(10)19-14/h4-7H,3,8,15H2,1-2H3. The number of para-hydroxylation sites is 1. The summed E-state index contributed by atoms with van der Waals surface area (Å²) in [5.41, 5.74) is 8.84. The summed E-state index contributed by atoms with van der Waals surface area (Å²) in [5.74, 6) is 0. The summed E-state index contributed by atoms with van der Waals surface area (Å²) in [6.45, 7) is 4.97. The number of hydrogen-bond donors (Lipinski definition) is 1. The van der Waals surface area contributed by atoms with Crippen LogP contribution in [-0.2, 0) is 6.54 Å². The molecule has 0 spiro atoms. The Bertz CT molecular complexity index is 712. The summed E-state index contributed by atoms with van der Waals surface area (Å²) in [7, 11) is 0. The Morgan fingerprint density at radius 1 is 1.35 bits per heavy atom. The van der Waals surface area contributed by atoms with Gasteiger partial charge in [0.2, 0.25) is 0 Å². The van der Waals surface area contributed by atoms with E-state index >= 15 is 0 Å². The van der Waals surface area contributed by atoms with Gasteiger partial charge in [-0.1, -0.05) is 19.1 Å². The molecule has 2 aromatic heterocycles. The highest BCUT2D eigenvalue weighted by Crippen LogP contribution is 2.37. The summed E-state index contributed by atoms with van der Waals surface area (Å²) in [6, 6.07) is 8.17. The predicted octanol–water partition coefficient (Wildman–Crippen LogP) is 3.94. The normalized spacial score (nSPS) is 11.3. The molecule has 0 aliphatic rings. The Labute approximate surface area is 126 Å². The van der Waals surface area contributed by atoms with Crippen molar-refractivity contribution < 1.29 is 0 Å². The van der Waals surface area contributed by atoms with Crippen molar-refractivity contribution in [3.63, 3.8) is 0 Å². The second-order valence-corrected chi connectivity index (χ2v) is 6.84. The number of rotatable bonds is 4. The van der Waals surface area contributed by atoms with E-state index in [9.17, 15) is 0 Å². The van der Waals surface area contributed by atoms with Crippen molar-refractivity contribution >= 4 is 39.0 Å². The minimum atomic E-state index is 0.766. The third-order valence-electron chi connectivity index (χ3n) is 3.02. The average Bonchev–Trinajstić information content (AvgIpc) is 2.96. The third kappa shape index (κ3) is 2.41. The Morgan fingerprint density at radius 2 is 2.15 bits per heavy atom. The van der Waals surface area contributed by atoms with Crippen LogP contribution in [0.1, 0.15) is 19.0 Å². The van der Waals surface area contributed by atoms with Gasteiger partial charge in [-0.2, -0.15) is 5.10 Å². The molecule has 0 radical (unpaired) electrons. The Kier molecular flexibility index (Phi) is 3.67. The minimum absolute atomic E-state index is 0.766. The van der Waals surface area contributed by atoms with Crippen molar-refractivity contribution in [2.45, 2.75) is 36.2 Å². The molecule has 1 aromatic carbocycles. The van der Waals surface area contributed by atoms with Gasteiger partial charge in [-0.05, 0) is 37.2 Å². The SMILES string of the molecule is CCCn1nc(C)c(N)c1Sc1nc2ccccc2s1. The zero-order valence-electron chi connectivity index (χ0n) is 11.5. The maximum Gasteiger partial charge on any atom is 0.157 e. The van der Waals surface area contributed by atoms with Crippen LogP contribution in [0.2, 0.25) is 0 Å². The van der Waals surface area contributed by atoms with Crippen LogP contribution in [0, 0.1) is 6.92 Å². The molecule has 6 heteroatoms. The van der Waals surface area contributed by atoms with Crippen molar-refractivity contribution in [3.8, 4) is 0 Å². The lowest BCUT2D eigenvalue weighted by Crippen LogP contribution is -2.01. The topological polar surface area (TPSA) is 56.7 Å². The monoisotopic (exact) mass is 304 g/mol. The predicted molar refractivity (Wildman–Crippen MR) is 85.4 cm³/mol. The van der Waals surface area contributed by atoms with E-state index in [2.05, 4.69) is 23.1 Å². The lowest BCUT2D eigenvalue weighted by molar-refractivity contribution is 0.556. The molecular weight excluding hydrogens is 288 g/mol. The molecule has 0 atom stereocenters. The number of nitrogen functional groups attached to an aromatic ring is 1. The van der Waals surface area contributed by atoms with Crippen molar-refractivity contribution in [2.24, 2.45) is 0 Å². The largest absolute Gasteiger partial charge is 0.395 e. The molecule has 2 N–H and O–H groups in total. The first-order valence-electron chi connectivity index (χ1n) is 6.55. The molecule has 0 saturated carbocycles. The molecule has 0 amide bonds. The molecule has 104 valence electrons. The molecule has 4 nitrogen and oxygen atoms in total. The molecule has 0 aliphatic heterocycles. The molecule has 2 heterocycles. The van der Waals surface area contributed by atoms with Gasteiger partial charge >= 0.3 is 0 Å². The number of fused-ring (bicyclic) bond motifs is 1. The van der Waals surface area contributed by atoms with E-state index in [1.807, 2.05) is 29.8 Å². The van der Waals surface area contributed by atoms with E-state index in [1.165, 1.54) is 4.70 Å². The van der Waals surface area contributed by atoms with E-state index < -0.39 is 0 Å². The lowest BCUT2D eigenvalue weighted by atomic mass is 10.3. The van der Waals surface area contributed by atoms with E-state index in [4.69, 9.17) is 5.73 Å².